The van der Waals surface area contributed by atoms with Crippen LogP contribution in [0.4, 0.5) is 0 Å². The molecule has 0 aromatic carbocycles. The summed E-state index contributed by atoms with van der Waals surface area (Å²) in [6, 6.07) is 0. The number of hydrogen-bond acceptors (Lipinski definition) is 6. The summed E-state index contributed by atoms with van der Waals surface area (Å²) in [6.45, 7) is 7.95. The van der Waals surface area contributed by atoms with Gasteiger partial charge in [-0.3, -0.25) is 4.55 Å². The van der Waals surface area contributed by atoms with Crippen molar-refractivity contribution < 1.29 is 27.1 Å². The molecule has 4 N–H and O–H groups in total. The van der Waals surface area contributed by atoms with Crippen LogP contribution < -0.4 is 5.73 Å². The molecule has 0 saturated carbocycles. The van der Waals surface area contributed by atoms with Gasteiger partial charge in [-0.1, -0.05) is 6.58 Å². The quantitative estimate of drug-likeness (QED) is 0.473. The SMILES string of the molecule is C=C(C)C(=O)O.CCOS(=O)(=O)O.CN(C)CCCN. The van der Waals surface area contributed by atoms with Crippen LogP contribution in [0.2, 0.25) is 0 Å². The first-order valence-corrected chi connectivity index (χ1v) is 7.19. The Morgan fingerprint density at radius 2 is 1.80 bits per heavy atom. The molecule has 0 aliphatic rings. The molecule has 0 aliphatic heterocycles. The van der Waals surface area contributed by atoms with Crippen LogP contribution in [0.5, 0.6) is 0 Å². The maximum absolute atomic E-state index is 9.60. The van der Waals surface area contributed by atoms with E-state index >= 15 is 0 Å². The molecular weight excluding hydrogens is 288 g/mol. The Morgan fingerprint density at radius 1 is 1.40 bits per heavy atom. The van der Waals surface area contributed by atoms with Crippen LogP contribution in [0, 0.1) is 0 Å². The topological polar surface area (TPSA) is 130 Å². The zero-order chi connectivity index (χ0) is 16.8. The van der Waals surface area contributed by atoms with Gasteiger partial charge < -0.3 is 15.7 Å². The number of hydrogen-bond donors (Lipinski definition) is 3. The molecular formula is C11H26N2O6S. The number of aliphatic carboxylic acids is 1. The van der Waals surface area contributed by atoms with Crippen molar-refractivity contribution in [1.29, 1.82) is 0 Å². The summed E-state index contributed by atoms with van der Waals surface area (Å²) in [5, 5.41) is 7.89. The molecule has 122 valence electrons. The molecule has 0 aromatic heterocycles. The average Bonchev–Trinajstić information content (AvgIpc) is 2.26. The molecule has 20 heavy (non-hydrogen) atoms. The summed E-state index contributed by atoms with van der Waals surface area (Å²) in [4.78, 5) is 11.7. The zero-order valence-electron chi connectivity index (χ0n) is 12.5. The standard InChI is InChI=1S/C5H14N2.C4H6O2.C2H6O4S/c1-7(2)5-3-4-6;1-3(2)4(5)6;1-2-6-7(3,4)5/h3-6H2,1-2H3;1H2,2H3,(H,5,6);2H2,1H3,(H,3,4,5). The van der Waals surface area contributed by atoms with E-state index in [2.05, 4.69) is 29.8 Å². The van der Waals surface area contributed by atoms with Crippen molar-refractivity contribution in [3.05, 3.63) is 12.2 Å². The second-order valence-corrected chi connectivity index (χ2v) is 4.96. The summed E-state index contributed by atoms with van der Waals surface area (Å²) in [6.07, 6.45) is 1.10. The maximum Gasteiger partial charge on any atom is 0.397 e. The maximum atomic E-state index is 9.60. The zero-order valence-corrected chi connectivity index (χ0v) is 13.3. The van der Waals surface area contributed by atoms with Gasteiger partial charge in [0.25, 0.3) is 0 Å². The second-order valence-electron chi connectivity index (χ2n) is 3.87. The van der Waals surface area contributed by atoms with Crippen LogP contribution in [0.3, 0.4) is 0 Å². The van der Waals surface area contributed by atoms with Crippen LogP contribution in [0.15, 0.2) is 12.2 Å². The summed E-state index contributed by atoms with van der Waals surface area (Å²) >= 11 is 0. The van der Waals surface area contributed by atoms with Crippen molar-refractivity contribution in [2.45, 2.75) is 20.3 Å². The number of carboxylic acid groups (broad SMARTS) is 1. The highest BCUT2D eigenvalue weighted by molar-refractivity contribution is 7.80. The summed E-state index contributed by atoms with van der Waals surface area (Å²) < 4.78 is 30.7. The van der Waals surface area contributed by atoms with Crippen LogP contribution in [0.25, 0.3) is 0 Å². The van der Waals surface area contributed by atoms with Crippen LogP contribution in [-0.2, 0) is 19.4 Å². The molecule has 0 saturated heterocycles. The van der Waals surface area contributed by atoms with Gasteiger partial charge >= 0.3 is 16.4 Å². The molecule has 0 fully saturated rings. The number of rotatable bonds is 6. The number of carbonyl (C=O) groups is 1. The van der Waals surface area contributed by atoms with E-state index in [4.69, 9.17) is 15.4 Å². The minimum Gasteiger partial charge on any atom is -0.478 e. The smallest absolute Gasteiger partial charge is 0.397 e. The van der Waals surface area contributed by atoms with Crippen molar-refractivity contribution in [2.75, 3.05) is 33.8 Å². The van der Waals surface area contributed by atoms with Crippen molar-refractivity contribution in [3.63, 3.8) is 0 Å². The van der Waals surface area contributed by atoms with Crippen molar-refractivity contribution in [2.24, 2.45) is 5.73 Å². The Hall–Kier alpha value is -1.00. The molecule has 0 radical (unpaired) electrons. The minimum absolute atomic E-state index is 0.0289. The van der Waals surface area contributed by atoms with Gasteiger partial charge in [0.1, 0.15) is 0 Å². The molecule has 0 rings (SSSR count). The van der Waals surface area contributed by atoms with Gasteiger partial charge in [-0.25, -0.2) is 8.98 Å². The highest BCUT2D eigenvalue weighted by atomic mass is 32.3. The van der Waals surface area contributed by atoms with Gasteiger partial charge in [-0.15, -0.1) is 0 Å². The lowest BCUT2D eigenvalue weighted by molar-refractivity contribution is -0.132. The first-order chi connectivity index (χ1) is 8.97. The van der Waals surface area contributed by atoms with E-state index in [9.17, 15) is 13.2 Å². The fraction of sp³-hybridized carbons (Fsp3) is 0.727. The third-order valence-electron chi connectivity index (χ3n) is 1.44. The fourth-order valence-electron chi connectivity index (χ4n) is 0.556. The molecule has 9 heteroatoms. The number of carboxylic acids is 1. The van der Waals surface area contributed by atoms with Gasteiger partial charge in [0, 0.05) is 5.57 Å². The van der Waals surface area contributed by atoms with E-state index in [-0.39, 0.29) is 12.2 Å². The Balaban J connectivity index is -0.000000218. The molecule has 8 nitrogen and oxygen atoms in total. The van der Waals surface area contributed by atoms with E-state index < -0.39 is 16.4 Å². The molecule has 0 aromatic rings. The van der Waals surface area contributed by atoms with Gasteiger partial charge in [0.05, 0.1) is 6.61 Å². The lowest BCUT2D eigenvalue weighted by Gasteiger charge is -2.05. The first kappa shape index (κ1) is 24.0. The minimum atomic E-state index is -4.17. The van der Waals surface area contributed by atoms with Crippen molar-refractivity contribution >= 4 is 16.4 Å². The van der Waals surface area contributed by atoms with Crippen LogP contribution in [-0.4, -0.2) is 62.7 Å². The molecule has 0 heterocycles. The lowest BCUT2D eigenvalue weighted by atomic mass is 10.4. The lowest BCUT2D eigenvalue weighted by Crippen LogP contribution is -2.16. The monoisotopic (exact) mass is 314 g/mol. The summed E-state index contributed by atoms with van der Waals surface area (Å²) in [7, 11) is -0.0717. The van der Waals surface area contributed by atoms with Crippen molar-refractivity contribution in [3.8, 4) is 0 Å². The summed E-state index contributed by atoms with van der Waals surface area (Å²) in [5.41, 5.74) is 5.43. The van der Waals surface area contributed by atoms with E-state index in [1.165, 1.54) is 13.8 Å². The number of nitrogens with two attached hydrogens (primary N) is 1. The molecule has 0 aliphatic carbocycles. The van der Waals surface area contributed by atoms with E-state index in [0.717, 1.165) is 19.5 Å². The summed E-state index contributed by atoms with van der Waals surface area (Å²) in [5.74, 6) is -0.935. The van der Waals surface area contributed by atoms with E-state index in [1.807, 2.05) is 0 Å². The molecule has 0 amide bonds. The van der Waals surface area contributed by atoms with E-state index in [0.29, 0.717) is 0 Å². The molecule has 0 bridgehead atoms. The Labute approximate surface area is 121 Å². The van der Waals surface area contributed by atoms with Gasteiger partial charge in [-0.05, 0) is 47.5 Å². The Kier molecular flexibility index (Phi) is 17.3. The molecule has 0 spiro atoms. The normalized spacial score (nSPS) is 9.95. The van der Waals surface area contributed by atoms with Gasteiger partial charge in [0.2, 0.25) is 0 Å². The average molecular weight is 314 g/mol. The van der Waals surface area contributed by atoms with E-state index in [1.54, 1.807) is 0 Å². The number of nitrogens with zero attached hydrogens (tertiary/aromatic N) is 1. The van der Waals surface area contributed by atoms with Gasteiger partial charge in [-0.2, -0.15) is 8.42 Å². The third-order valence-corrected chi connectivity index (χ3v) is 1.97. The largest absolute Gasteiger partial charge is 0.478 e. The Bertz CT molecular complexity index is 342. The Morgan fingerprint density at radius 3 is 1.85 bits per heavy atom. The highest BCUT2D eigenvalue weighted by Crippen LogP contribution is 1.81. The predicted molar refractivity (Wildman–Crippen MR) is 77.8 cm³/mol. The van der Waals surface area contributed by atoms with Crippen LogP contribution >= 0.6 is 0 Å². The predicted octanol–water partition coefficient (Wildman–Crippen LogP) is 0.370. The molecule has 0 atom stereocenters. The third kappa shape index (κ3) is 36.0. The fourth-order valence-corrected chi connectivity index (χ4v) is 0.854. The van der Waals surface area contributed by atoms with Crippen molar-refractivity contribution in [1.82, 2.24) is 4.90 Å². The highest BCUT2D eigenvalue weighted by Gasteiger charge is 1.98. The van der Waals surface area contributed by atoms with Crippen LogP contribution in [0.1, 0.15) is 20.3 Å². The molecule has 0 unspecified atom stereocenters. The first-order valence-electron chi connectivity index (χ1n) is 5.83. The van der Waals surface area contributed by atoms with Gasteiger partial charge in [0.15, 0.2) is 0 Å². The second kappa shape index (κ2) is 14.4.